The van der Waals surface area contributed by atoms with Crippen LogP contribution in [0.25, 0.3) is 0 Å². The number of nitrogens with two attached hydrogens (primary N) is 1. The third kappa shape index (κ3) is 3.42. The Bertz CT molecular complexity index is 352. The van der Waals surface area contributed by atoms with Crippen molar-refractivity contribution in [1.82, 2.24) is 4.90 Å². The van der Waals surface area contributed by atoms with Crippen LogP contribution in [0.4, 0.5) is 0 Å². The maximum atomic E-state index is 5.94. The van der Waals surface area contributed by atoms with E-state index in [9.17, 15) is 0 Å². The van der Waals surface area contributed by atoms with Gasteiger partial charge in [0.05, 0.1) is 10.9 Å². The summed E-state index contributed by atoms with van der Waals surface area (Å²) < 4.78 is 6.29. The molecule has 0 aliphatic carbocycles. The second-order valence-corrected chi connectivity index (χ2v) is 6.35. The van der Waals surface area contributed by atoms with Crippen molar-refractivity contribution >= 4 is 22.9 Å². The molecule has 0 radical (unpaired) electrons. The largest absolute Gasteiger partial charge is 0.381 e. The van der Waals surface area contributed by atoms with Crippen LogP contribution in [0.15, 0.2) is 12.1 Å². The topological polar surface area (TPSA) is 38.5 Å². The number of thiophene rings is 1. The van der Waals surface area contributed by atoms with E-state index in [4.69, 9.17) is 22.1 Å². The zero-order valence-corrected chi connectivity index (χ0v) is 11.6. The highest BCUT2D eigenvalue weighted by atomic mass is 35.5. The van der Waals surface area contributed by atoms with Gasteiger partial charge in [0.25, 0.3) is 0 Å². The van der Waals surface area contributed by atoms with Crippen LogP contribution in [0.1, 0.15) is 11.3 Å². The Hall–Kier alpha value is -0.130. The molecule has 2 rings (SSSR count). The molecule has 5 heteroatoms. The predicted octanol–water partition coefficient (Wildman–Crippen LogP) is 2.20. The molecule has 17 heavy (non-hydrogen) atoms. The molecule has 0 aromatic carbocycles. The monoisotopic (exact) mass is 274 g/mol. The van der Waals surface area contributed by atoms with E-state index in [-0.39, 0.29) is 0 Å². The molecular weight excluding hydrogens is 256 g/mol. The average molecular weight is 275 g/mol. The lowest BCUT2D eigenvalue weighted by Crippen LogP contribution is -2.43. The molecule has 0 spiro atoms. The second kappa shape index (κ2) is 6.16. The van der Waals surface area contributed by atoms with Crippen LogP contribution in [0.3, 0.4) is 0 Å². The fourth-order valence-electron chi connectivity index (χ4n) is 2.39. The Morgan fingerprint density at radius 3 is 3.00 bits per heavy atom. The van der Waals surface area contributed by atoms with Gasteiger partial charge in [0.15, 0.2) is 0 Å². The first-order valence-corrected chi connectivity index (χ1v) is 7.12. The predicted molar refractivity (Wildman–Crippen MR) is 72.6 cm³/mol. The maximum Gasteiger partial charge on any atom is 0.0931 e. The summed E-state index contributed by atoms with van der Waals surface area (Å²) in [7, 11) is 2.13. The summed E-state index contributed by atoms with van der Waals surface area (Å²) in [4.78, 5) is 3.61. The molecule has 3 nitrogen and oxygen atoms in total. The molecule has 0 bridgehead atoms. The lowest BCUT2D eigenvalue weighted by atomic mass is 9.98. The van der Waals surface area contributed by atoms with E-state index in [1.165, 1.54) is 4.88 Å². The van der Waals surface area contributed by atoms with E-state index in [2.05, 4.69) is 18.0 Å². The maximum absolute atomic E-state index is 5.94. The van der Waals surface area contributed by atoms with Crippen LogP contribution in [0, 0.1) is 5.92 Å². The van der Waals surface area contributed by atoms with Gasteiger partial charge < -0.3 is 10.5 Å². The molecule has 1 fully saturated rings. The van der Waals surface area contributed by atoms with Crippen molar-refractivity contribution in [3.8, 4) is 0 Å². The molecule has 0 amide bonds. The summed E-state index contributed by atoms with van der Waals surface area (Å²) in [5.41, 5.74) is 5.89. The lowest BCUT2D eigenvalue weighted by molar-refractivity contribution is 0.137. The molecule has 0 saturated carbocycles. The number of likely N-dealkylation sites (N-methyl/N-ethyl adjacent to an activating group) is 1. The SMILES string of the molecule is CN(Cc1ccc(Cl)s1)C(CN)C1CCOC1. The van der Waals surface area contributed by atoms with Crippen molar-refractivity contribution < 1.29 is 4.74 Å². The lowest BCUT2D eigenvalue weighted by Gasteiger charge is -2.30. The first-order valence-electron chi connectivity index (χ1n) is 5.93. The van der Waals surface area contributed by atoms with Gasteiger partial charge in [0, 0.05) is 36.5 Å². The zero-order chi connectivity index (χ0) is 12.3. The van der Waals surface area contributed by atoms with E-state index in [0.717, 1.165) is 30.5 Å². The number of hydrogen-bond acceptors (Lipinski definition) is 4. The van der Waals surface area contributed by atoms with Crippen molar-refractivity contribution in [2.75, 3.05) is 26.8 Å². The Labute approximate surface area is 112 Å². The van der Waals surface area contributed by atoms with Crippen LogP contribution in [-0.2, 0) is 11.3 Å². The summed E-state index contributed by atoms with van der Waals surface area (Å²) in [5.74, 6) is 0.570. The van der Waals surface area contributed by atoms with Gasteiger partial charge in [-0.1, -0.05) is 11.6 Å². The Balaban J connectivity index is 1.94. The molecule has 2 heterocycles. The average Bonchev–Trinajstić information content (AvgIpc) is 2.92. The van der Waals surface area contributed by atoms with Crippen LogP contribution >= 0.6 is 22.9 Å². The standard InChI is InChI=1S/C12H19ClN2OS/c1-15(7-10-2-3-12(13)17-10)11(6-14)9-4-5-16-8-9/h2-3,9,11H,4-8,14H2,1H3. The smallest absolute Gasteiger partial charge is 0.0931 e. The van der Waals surface area contributed by atoms with Crippen LogP contribution in [-0.4, -0.2) is 37.7 Å². The number of ether oxygens (including phenoxy) is 1. The van der Waals surface area contributed by atoms with Gasteiger partial charge in [-0.05, 0) is 25.6 Å². The highest BCUT2D eigenvalue weighted by Crippen LogP contribution is 2.25. The van der Waals surface area contributed by atoms with Crippen molar-refractivity contribution in [2.24, 2.45) is 11.7 Å². The Kier molecular flexibility index (Phi) is 4.82. The number of rotatable bonds is 5. The quantitative estimate of drug-likeness (QED) is 0.895. The molecule has 2 atom stereocenters. The normalized spacial score (nSPS) is 22.2. The van der Waals surface area contributed by atoms with Gasteiger partial charge in [-0.25, -0.2) is 0 Å². The molecule has 1 aromatic rings. The molecular formula is C12H19ClN2OS. The van der Waals surface area contributed by atoms with Gasteiger partial charge >= 0.3 is 0 Å². The molecule has 2 unspecified atom stereocenters. The van der Waals surface area contributed by atoms with Crippen LogP contribution in [0.2, 0.25) is 4.34 Å². The van der Waals surface area contributed by atoms with Gasteiger partial charge in [-0.2, -0.15) is 0 Å². The summed E-state index contributed by atoms with van der Waals surface area (Å²) >= 11 is 7.58. The van der Waals surface area contributed by atoms with Crippen molar-refractivity contribution in [3.63, 3.8) is 0 Å². The van der Waals surface area contributed by atoms with Gasteiger partial charge in [0.2, 0.25) is 0 Å². The van der Waals surface area contributed by atoms with Crippen molar-refractivity contribution in [1.29, 1.82) is 0 Å². The van der Waals surface area contributed by atoms with E-state index in [1.54, 1.807) is 11.3 Å². The van der Waals surface area contributed by atoms with Gasteiger partial charge in [0.1, 0.15) is 0 Å². The van der Waals surface area contributed by atoms with Gasteiger partial charge in [-0.3, -0.25) is 4.90 Å². The van der Waals surface area contributed by atoms with E-state index in [0.29, 0.717) is 18.5 Å². The molecule has 1 aliphatic heterocycles. The molecule has 2 N–H and O–H groups in total. The number of hydrogen-bond donors (Lipinski definition) is 1. The summed E-state index contributed by atoms with van der Waals surface area (Å²) in [6.07, 6.45) is 1.12. The highest BCUT2D eigenvalue weighted by molar-refractivity contribution is 7.16. The second-order valence-electron chi connectivity index (χ2n) is 4.55. The zero-order valence-electron chi connectivity index (χ0n) is 10.1. The fourth-order valence-corrected chi connectivity index (χ4v) is 3.54. The minimum Gasteiger partial charge on any atom is -0.381 e. The number of nitrogens with zero attached hydrogens (tertiary/aromatic N) is 1. The van der Waals surface area contributed by atoms with E-state index < -0.39 is 0 Å². The molecule has 1 saturated heterocycles. The van der Waals surface area contributed by atoms with E-state index in [1.807, 2.05) is 6.07 Å². The molecule has 1 aromatic heterocycles. The summed E-state index contributed by atoms with van der Waals surface area (Å²) in [6.45, 7) is 3.32. The van der Waals surface area contributed by atoms with E-state index >= 15 is 0 Å². The third-order valence-electron chi connectivity index (χ3n) is 3.35. The molecule has 1 aliphatic rings. The summed E-state index contributed by atoms with van der Waals surface area (Å²) in [6, 6.07) is 4.44. The highest BCUT2D eigenvalue weighted by Gasteiger charge is 2.27. The molecule has 96 valence electrons. The van der Waals surface area contributed by atoms with Crippen LogP contribution < -0.4 is 5.73 Å². The van der Waals surface area contributed by atoms with Crippen molar-refractivity contribution in [2.45, 2.75) is 19.0 Å². The fraction of sp³-hybridized carbons (Fsp3) is 0.667. The van der Waals surface area contributed by atoms with Crippen LogP contribution in [0.5, 0.6) is 0 Å². The van der Waals surface area contributed by atoms with Crippen molar-refractivity contribution in [3.05, 3.63) is 21.3 Å². The first kappa shape index (κ1) is 13.3. The summed E-state index contributed by atoms with van der Waals surface area (Å²) in [5, 5.41) is 0. The minimum absolute atomic E-state index is 0.401. The van der Waals surface area contributed by atoms with Gasteiger partial charge in [-0.15, -0.1) is 11.3 Å². The Morgan fingerprint density at radius 1 is 1.65 bits per heavy atom. The third-order valence-corrected chi connectivity index (χ3v) is 4.57. The Morgan fingerprint density at radius 2 is 2.47 bits per heavy atom. The first-order chi connectivity index (χ1) is 8.20. The number of halogens is 1. The minimum atomic E-state index is 0.401.